The molecule has 4 rings (SSSR count). The quantitative estimate of drug-likeness (QED) is 0.297. The van der Waals surface area contributed by atoms with E-state index < -0.39 is 40.7 Å². The number of nitrogens with zero attached hydrogens (tertiary/aromatic N) is 2. The van der Waals surface area contributed by atoms with Gasteiger partial charge in [0.25, 0.3) is 0 Å². The Kier molecular flexibility index (Phi) is 6.83. The van der Waals surface area contributed by atoms with Crippen LogP contribution in [0.25, 0.3) is 5.69 Å². The van der Waals surface area contributed by atoms with Gasteiger partial charge in [0.2, 0.25) is 5.91 Å². The van der Waals surface area contributed by atoms with Crippen molar-refractivity contribution in [2.75, 3.05) is 11.9 Å². The van der Waals surface area contributed by atoms with Gasteiger partial charge in [0.05, 0.1) is 40.9 Å². The van der Waals surface area contributed by atoms with Crippen molar-refractivity contribution >= 4 is 17.6 Å². The molecular weight excluding hydrogens is 509 g/mol. The zero-order chi connectivity index (χ0) is 28.0. The minimum absolute atomic E-state index is 0.0178. The molecule has 11 heteroatoms. The van der Waals surface area contributed by atoms with Crippen LogP contribution < -0.4 is 5.32 Å². The summed E-state index contributed by atoms with van der Waals surface area (Å²) >= 11 is 0. The lowest BCUT2D eigenvalue weighted by Gasteiger charge is -2.19. The van der Waals surface area contributed by atoms with Crippen molar-refractivity contribution < 1.29 is 36.3 Å². The van der Waals surface area contributed by atoms with Crippen LogP contribution in [0.2, 0.25) is 0 Å². The normalized spacial score (nSPS) is 14.8. The van der Waals surface area contributed by atoms with E-state index >= 15 is 4.39 Å². The monoisotopic (exact) mass is 535 g/mol. The Balaban J connectivity index is 1.69. The van der Waals surface area contributed by atoms with Gasteiger partial charge in [-0.25, -0.2) is 18.6 Å². The average Bonchev–Trinajstić information content (AvgIpc) is 3.46. The third-order valence-electron chi connectivity index (χ3n) is 6.42. The molecule has 0 aliphatic heterocycles. The van der Waals surface area contributed by atoms with E-state index in [0.717, 1.165) is 18.2 Å². The molecule has 0 saturated heterocycles. The van der Waals surface area contributed by atoms with E-state index in [1.807, 2.05) is 20.8 Å². The van der Waals surface area contributed by atoms with Crippen LogP contribution >= 0.6 is 0 Å². The van der Waals surface area contributed by atoms with Crippen molar-refractivity contribution in [1.29, 1.82) is 0 Å². The molecule has 6 nitrogen and oxygen atoms in total. The molecule has 1 fully saturated rings. The molecule has 1 N–H and O–H groups in total. The van der Waals surface area contributed by atoms with Crippen molar-refractivity contribution in [3.8, 4) is 5.69 Å². The fourth-order valence-corrected chi connectivity index (χ4v) is 4.20. The van der Waals surface area contributed by atoms with Gasteiger partial charge in [-0.05, 0) is 44.0 Å². The summed E-state index contributed by atoms with van der Waals surface area (Å²) < 4.78 is 75.4. The standard InChI is InChI=1S/C27H26F5N3O3/c1-5-38-23(36)17-11-16(12-20(29)22(17)35-13-21(33-14-35)25(2,3)4)34-24(37)26(8-9-26)18-7-6-15(10-19(18)28)27(30,31)32/h6-7,10-14H,5,8-9H2,1-4H3,(H,34,37). The van der Waals surface area contributed by atoms with E-state index in [0.29, 0.717) is 11.8 Å². The first-order valence-corrected chi connectivity index (χ1v) is 11.9. The van der Waals surface area contributed by atoms with Crippen LogP contribution in [0.5, 0.6) is 0 Å². The molecule has 38 heavy (non-hydrogen) atoms. The minimum Gasteiger partial charge on any atom is -0.462 e. The highest BCUT2D eigenvalue weighted by atomic mass is 19.4. The van der Waals surface area contributed by atoms with Gasteiger partial charge >= 0.3 is 12.1 Å². The van der Waals surface area contributed by atoms with Crippen LogP contribution in [0.3, 0.4) is 0 Å². The molecule has 1 aromatic heterocycles. The van der Waals surface area contributed by atoms with E-state index in [4.69, 9.17) is 4.74 Å². The predicted molar refractivity (Wildman–Crippen MR) is 129 cm³/mol. The third kappa shape index (κ3) is 5.14. The van der Waals surface area contributed by atoms with Gasteiger partial charge in [-0.1, -0.05) is 26.8 Å². The van der Waals surface area contributed by atoms with E-state index in [1.54, 1.807) is 13.1 Å². The maximum Gasteiger partial charge on any atom is 0.416 e. The molecule has 0 bridgehead atoms. The fraction of sp³-hybridized carbons (Fsp3) is 0.370. The molecule has 202 valence electrons. The minimum atomic E-state index is -4.73. The molecular formula is C27H26F5N3O3. The number of hydrogen-bond acceptors (Lipinski definition) is 4. The topological polar surface area (TPSA) is 73.2 Å². The highest BCUT2D eigenvalue weighted by Crippen LogP contribution is 2.50. The molecule has 1 amide bonds. The van der Waals surface area contributed by atoms with Crippen LogP contribution in [0.15, 0.2) is 42.9 Å². The molecule has 0 radical (unpaired) electrons. The van der Waals surface area contributed by atoms with E-state index in [1.165, 1.54) is 17.0 Å². The molecule has 0 spiro atoms. The summed E-state index contributed by atoms with van der Waals surface area (Å²) in [7, 11) is 0. The van der Waals surface area contributed by atoms with Gasteiger partial charge < -0.3 is 14.6 Å². The number of imidazole rings is 1. The van der Waals surface area contributed by atoms with Crippen molar-refractivity contribution in [1.82, 2.24) is 9.55 Å². The Morgan fingerprint density at radius 2 is 1.76 bits per heavy atom. The average molecular weight is 536 g/mol. The lowest BCUT2D eigenvalue weighted by Crippen LogP contribution is -2.29. The van der Waals surface area contributed by atoms with Crippen LogP contribution in [0.1, 0.15) is 67.7 Å². The summed E-state index contributed by atoms with van der Waals surface area (Å²) in [5, 5.41) is 2.50. The lowest BCUT2D eigenvalue weighted by atomic mass is 9.93. The van der Waals surface area contributed by atoms with Gasteiger partial charge in [0.1, 0.15) is 11.6 Å². The number of anilines is 1. The van der Waals surface area contributed by atoms with Crippen molar-refractivity contribution in [2.24, 2.45) is 0 Å². The fourth-order valence-electron chi connectivity index (χ4n) is 4.20. The lowest BCUT2D eigenvalue weighted by molar-refractivity contribution is -0.137. The number of nitrogens with one attached hydrogen (secondary N) is 1. The zero-order valence-electron chi connectivity index (χ0n) is 21.2. The number of hydrogen-bond donors (Lipinski definition) is 1. The molecule has 3 aromatic rings. The maximum absolute atomic E-state index is 15.4. The van der Waals surface area contributed by atoms with Gasteiger partial charge in [-0.2, -0.15) is 13.2 Å². The van der Waals surface area contributed by atoms with Crippen molar-refractivity contribution in [3.05, 3.63) is 76.9 Å². The van der Waals surface area contributed by atoms with Crippen LogP contribution in [0, 0.1) is 11.6 Å². The smallest absolute Gasteiger partial charge is 0.416 e. The van der Waals surface area contributed by atoms with E-state index in [-0.39, 0.29) is 47.4 Å². The first kappa shape index (κ1) is 27.3. The molecule has 0 unspecified atom stereocenters. The molecule has 1 aliphatic rings. The van der Waals surface area contributed by atoms with Gasteiger partial charge in [-0.3, -0.25) is 4.79 Å². The van der Waals surface area contributed by atoms with Crippen LogP contribution in [0.4, 0.5) is 27.6 Å². The van der Waals surface area contributed by atoms with E-state index in [9.17, 15) is 27.2 Å². The molecule has 1 saturated carbocycles. The molecule has 2 aromatic carbocycles. The third-order valence-corrected chi connectivity index (χ3v) is 6.42. The number of carbonyl (C=O) groups is 2. The number of amides is 1. The van der Waals surface area contributed by atoms with Crippen LogP contribution in [-0.2, 0) is 26.5 Å². The zero-order valence-corrected chi connectivity index (χ0v) is 21.2. The van der Waals surface area contributed by atoms with Gasteiger partial charge in [-0.15, -0.1) is 0 Å². The number of ether oxygens (including phenoxy) is 1. The second-order valence-electron chi connectivity index (χ2n) is 10.2. The Labute approximate surface area is 215 Å². The number of benzene rings is 2. The summed E-state index contributed by atoms with van der Waals surface area (Å²) in [6, 6.07) is 4.27. The van der Waals surface area contributed by atoms with Crippen molar-refractivity contribution in [2.45, 2.75) is 57.5 Å². The number of esters is 1. The Hall–Kier alpha value is -3.76. The summed E-state index contributed by atoms with van der Waals surface area (Å²) in [5.74, 6) is -3.57. The summed E-state index contributed by atoms with van der Waals surface area (Å²) in [6.45, 7) is 7.38. The first-order valence-electron chi connectivity index (χ1n) is 11.9. The largest absolute Gasteiger partial charge is 0.462 e. The number of aromatic nitrogens is 2. The SMILES string of the molecule is CCOC(=O)c1cc(NC(=O)C2(c3ccc(C(F)(F)F)cc3F)CC2)cc(F)c1-n1cnc(C(C)(C)C)c1. The van der Waals surface area contributed by atoms with Crippen molar-refractivity contribution in [3.63, 3.8) is 0 Å². The number of rotatable bonds is 6. The van der Waals surface area contributed by atoms with Gasteiger partial charge in [0.15, 0.2) is 0 Å². The molecule has 1 aliphatic carbocycles. The Morgan fingerprint density at radius 1 is 1.08 bits per heavy atom. The number of alkyl halides is 3. The number of carbonyl (C=O) groups excluding carboxylic acids is 2. The van der Waals surface area contributed by atoms with E-state index in [2.05, 4.69) is 10.3 Å². The predicted octanol–water partition coefficient (Wildman–Crippen LogP) is 6.31. The number of halogens is 5. The summed E-state index contributed by atoms with van der Waals surface area (Å²) in [6.07, 6.45) is -1.39. The Bertz CT molecular complexity index is 1400. The molecule has 1 heterocycles. The van der Waals surface area contributed by atoms with Gasteiger partial charge in [0, 0.05) is 22.9 Å². The van der Waals surface area contributed by atoms with Crippen LogP contribution in [-0.4, -0.2) is 28.0 Å². The Morgan fingerprint density at radius 3 is 2.29 bits per heavy atom. The first-order chi connectivity index (χ1) is 17.7. The second kappa shape index (κ2) is 9.52. The molecule has 0 atom stereocenters. The highest BCUT2D eigenvalue weighted by Gasteiger charge is 2.53. The summed E-state index contributed by atoms with van der Waals surface area (Å²) in [5.41, 5.74) is -2.83. The highest BCUT2D eigenvalue weighted by molar-refractivity contribution is 6.03. The summed E-state index contributed by atoms with van der Waals surface area (Å²) in [4.78, 5) is 30.2. The second-order valence-corrected chi connectivity index (χ2v) is 10.2. The maximum atomic E-state index is 15.4.